The lowest BCUT2D eigenvalue weighted by Gasteiger charge is -2.18. The third kappa shape index (κ3) is 2.86. The van der Waals surface area contributed by atoms with Crippen LogP contribution in [0.3, 0.4) is 0 Å². The van der Waals surface area contributed by atoms with Gasteiger partial charge in [0.15, 0.2) is 0 Å². The van der Waals surface area contributed by atoms with E-state index in [-0.39, 0.29) is 19.1 Å². The van der Waals surface area contributed by atoms with Crippen molar-refractivity contribution in [1.29, 1.82) is 0 Å². The van der Waals surface area contributed by atoms with Crippen LogP contribution in [-0.4, -0.2) is 52.6 Å². The van der Waals surface area contributed by atoms with Gasteiger partial charge in [-0.2, -0.15) is 12.6 Å². The number of hydrogen-bond acceptors (Lipinski definition) is 4. The van der Waals surface area contributed by atoms with Crippen molar-refractivity contribution in [1.82, 2.24) is 4.90 Å². The summed E-state index contributed by atoms with van der Waals surface area (Å²) < 4.78 is 0. The summed E-state index contributed by atoms with van der Waals surface area (Å²) in [6.45, 7) is 0.592. The van der Waals surface area contributed by atoms with E-state index in [1.54, 1.807) is 4.90 Å². The molecule has 0 saturated carbocycles. The fourth-order valence-electron chi connectivity index (χ4n) is 1.46. The Hall–Kier alpha value is -0.260. The van der Waals surface area contributed by atoms with Crippen molar-refractivity contribution in [3.63, 3.8) is 0 Å². The predicted octanol–water partition coefficient (Wildman–Crippen LogP) is -0.882. The zero-order valence-corrected chi connectivity index (χ0v) is 8.28. The van der Waals surface area contributed by atoms with Crippen LogP contribution in [0.15, 0.2) is 0 Å². The molecule has 0 aromatic carbocycles. The van der Waals surface area contributed by atoms with Gasteiger partial charge in [0.2, 0.25) is 5.91 Å². The molecule has 2 atom stereocenters. The second-order valence-electron chi connectivity index (χ2n) is 3.39. The Kier molecular flexibility index (Phi) is 4.02. The van der Waals surface area contributed by atoms with Gasteiger partial charge in [-0.15, -0.1) is 0 Å². The van der Waals surface area contributed by atoms with E-state index in [0.29, 0.717) is 24.6 Å². The Morgan fingerprint density at radius 3 is 2.85 bits per heavy atom. The van der Waals surface area contributed by atoms with Crippen LogP contribution in [0.5, 0.6) is 0 Å². The van der Waals surface area contributed by atoms with Crippen molar-refractivity contribution in [3.8, 4) is 0 Å². The second-order valence-corrected chi connectivity index (χ2v) is 3.75. The largest absolute Gasteiger partial charge is 0.394 e. The van der Waals surface area contributed by atoms with Crippen molar-refractivity contribution in [2.24, 2.45) is 5.92 Å². The van der Waals surface area contributed by atoms with Gasteiger partial charge in [-0.1, -0.05) is 0 Å². The fraction of sp³-hybridized carbons (Fsp3) is 0.875. The molecule has 0 aliphatic carbocycles. The van der Waals surface area contributed by atoms with Gasteiger partial charge in [0, 0.05) is 19.5 Å². The first kappa shape index (κ1) is 10.8. The molecule has 1 amide bonds. The van der Waals surface area contributed by atoms with E-state index in [4.69, 9.17) is 10.2 Å². The number of rotatable bonds is 4. The van der Waals surface area contributed by atoms with Crippen molar-refractivity contribution in [3.05, 3.63) is 0 Å². The average molecular weight is 205 g/mol. The molecule has 76 valence electrons. The van der Waals surface area contributed by atoms with E-state index < -0.39 is 6.10 Å². The number of hydrogen-bond donors (Lipinski definition) is 3. The lowest BCUT2D eigenvalue weighted by atomic mass is 10.1. The zero-order valence-electron chi connectivity index (χ0n) is 7.39. The van der Waals surface area contributed by atoms with Gasteiger partial charge in [-0.25, -0.2) is 0 Å². The minimum absolute atomic E-state index is 0.0477. The summed E-state index contributed by atoms with van der Waals surface area (Å²) in [5, 5.41) is 17.7. The summed E-state index contributed by atoms with van der Waals surface area (Å²) in [5.74, 6) is 1.03. The molecule has 0 aromatic rings. The van der Waals surface area contributed by atoms with E-state index in [0.717, 1.165) is 0 Å². The van der Waals surface area contributed by atoms with E-state index in [1.165, 1.54) is 0 Å². The van der Waals surface area contributed by atoms with Crippen LogP contribution in [0.2, 0.25) is 0 Å². The Labute approximate surface area is 83.0 Å². The number of nitrogens with zero attached hydrogens (tertiary/aromatic N) is 1. The van der Waals surface area contributed by atoms with Gasteiger partial charge >= 0.3 is 0 Å². The Morgan fingerprint density at radius 2 is 2.38 bits per heavy atom. The zero-order chi connectivity index (χ0) is 9.84. The molecule has 0 aromatic heterocycles. The summed E-state index contributed by atoms with van der Waals surface area (Å²) in [5.41, 5.74) is 0. The maximum absolute atomic E-state index is 11.3. The molecule has 1 aliphatic rings. The molecule has 1 rings (SSSR count). The minimum Gasteiger partial charge on any atom is -0.394 e. The van der Waals surface area contributed by atoms with Crippen molar-refractivity contribution < 1.29 is 15.0 Å². The van der Waals surface area contributed by atoms with Crippen molar-refractivity contribution >= 4 is 18.5 Å². The molecule has 0 radical (unpaired) electrons. The highest BCUT2D eigenvalue weighted by Crippen LogP contribution is 2.18. The number of aliphatic hydroxyl groups is 2. The number of β-amino-alcohol motifs (C(OH)–C–C–N with tert-alkyl or cyclic N) is 1. The van der Waals surface area contributed by atoms with Crippen LogP contribution < -0.4 is 0 Å². The summed E-state index contributed by atoms with van der Waals surface area (Å²) in [6, 6.07) is 0. The van der Waals surface area contributed by atoms with Crippen LogP contribution in [0.4, 0.5) is 0 Å². The van der Waals surface area contributed by atoms with Gasteiger partial charge in [0.05, 0.1) is 12.7 Å². The van der Waals surface area contributed by atoms with Gasteiger partial charge in [-0.05, 0) is 11.7 Å². The molecule has 2 N–H and O–H groups in total. The molecule has 0 bridgehead atoms. The molecule has 1 saturated heterocycles. The molecule has 13 heavy (non-hydrogen) atoms. The quantitative estimate of drug-likeness (QED) is 0.522. The fourth-order valence-corrected chi connectivity index (χ4v) is 1.71. The topological polar surface area (TPSA) is 60.8 Å². The third-order valence-corrected chi connectivity index (χ3v) is 2.71. The molecular weight excluding hydrogens is 190 g/mol. The first-order valence-corrected chi connectivity index (χ1v) is 4.98. The third-order valence-electron chi connectivity index (χ3n) is 2.19. The average Bonchev–Trinajstić information content (AvgIpc) is 2.47. The van der Waals surface area contributed by atoms with Crippen LogP contribution in [0.25, 0.3) is 0 Å². The monoisotopic (exact) mass is 205 g/mol. The molecule has 4 nitrogen and oxygen atoms in total. The summed E-state index contributed by atoms with van der Waals surface area (Å²) in [4.78, 5) is 12.9. The SMILES string of the molecule is O=C1CC(CS)CN1CC(O)CO. The molecule has 1 heterocycles. The highest BCUT2D eigenvalue weighted by Gasteiger charge is 2.29. The van der Waals surface area contributed by atoms with Gasteiger partial charge < -0.3 is 15.1 Å². The molecule has 1 aliphatic heterocycles. The molecular formula is C8H15NO3S. The molecule has 0 spiro atoms. The van der Waals surface area contributed by atoms with Crippen LogP contribution in [-0.2, 0) is 4.79 Å². The minimum atomic E-state index is -0.817. The standard InChI is InChI=1S/C8H15NO3S/c10-4-7(11)3-9-2-6(5-13)1-8(9)12/h6-7,10-11,13H,1-5H2. The van der Waals surface area contributed by atoms with E-state index in [9.17, 15) is 4.79 Å². The summed E-state index contributed by atoms with van der Waals surface area (Å²) >= 11 is 4.12. The first-order chi connectivity index (χ1) is 6.17. The number of carbonyl (C=O) groups excluding carboxylic acids is 1. The van der Waals surface area contributed by atoms with Crippen LogP contribution >= 0.6 is 12.6 Å². The predicted molar refractivity (Wildman–Crippen MR) is 51.6 cm³/mol. The maximum atomic E-state index is 11.3. The first-order valence-electron chi connectivity index (χ1n) is 4.35. The number of likely N-dealkylation sites (tertiary alicyclic amines) is 1. The Balaban J connectivity index is 2.39. The highest BCUT2D eigenvalue weighted by atomic mass is 32.1. The second kappa shape index (κ2) is 4.83. The number of aliphatic hydroxyl groups excluding tert-OH is 2. The van der Waals surface area contributed by atoms with E-state index in [2.05, 4.69) is 12.6 Å². The lowest BCUT2D eigenvalue weighted by molar-refractivity contribution is -0.129. The highest BCUT2D eigenvalue weighted by molar-refractivity contribution is 7.80. The summed E-state index contributed by atoms with van der Waals surface area (Å²) in [7, 11) is 0. The van der Waals surface area contributed by atoms with E-state index >= 15 is 0 Å². The van der Waals surface area contributed by atoms with Gasteiger partial charge in [0.25, 0.3) is 0 Å². The van der Waals surface area contributed by atoms with Crippen LogP contribution in [0, 0.1) is 5.92 Å². The van der Waals surface area contributed by atoms with Crippen molar-refractivity contribution in [2.75, 3.05) is 25.4 Å². The van der Waals surface area contributed by atoms with Crippen molar-refractivity contribution in [2.45, 2.75) is 12.5 Å². The Bertz CT molecular complexity index is 188. The summed E-state index contributed by atoms with van der Waals surface area (Å²) in [6.07, 6.45) is -0.301. The normalized spacial score (nSPS) is 25.3. The number of carbonyl (C=O) groups is 1. The maximum Gasteiger partial charge on any atom is 0.223 e. The smallest absolute Gasteiger partial charge is 0.223 e. The van der Waals surface area contributed by atoms with Gasteiger partial charge in [0.1, 0.15) is 0 Å². The number of thiol groups is 1. The molecule has 5 heteroatoms. The lowest BCUT2D eigenvalue weighted by Crippen LogP contribution is -2.35. The van der Waals surface area contributed by atoms with Crippen LogP contribution in [0.1, 0.15) is 6.42 Å². The van der Waals surface area contributed by atoms with E-state index in [1.807, 2.05) is 0 Å². The molecule has 2 unspecified atom stereocenters. The Morgan fingerprint density at radius 1 is 1.69 bits per heavy atom. The molecule has 1 fully saturated rings. The van der Waals surface area contributed by atoms with Gasteiger partial charge in [-0.3, -0.25) is 4.79 Å². The number of amides is 1.